The zero-order valence-electron chi connectivity index (χ0n) is 13.8. The summed E-state index contributed by atoms with van der Waals surface area (Å²) in [6, 6.07) is 9.88. The molecule has 7 nitrogen and oxygen atoms in total. The molecule has 0 amide bonds. The van der Waals surface area contributed by atoms with E-state index < -0.39 is 0 Å². The van der Waals surface area contributed by atoms with Crippen LogP contribution in [-0.2, 0) is 0 Å². The third kappa shape index (κ3) is 2.92. The zero-order chi connectivity index (χ0) is 18.1. The lowest BCUT2D eigenvalue weighted by atomic mass is 10.2. The van der Waals surface area contributed by atoms with Crippen molar-refractivity contribution in [2.24, 2.45) is 0 Å². The first kappa shape index (κ1) is 15.9. The Morgan fingerprint density at radius 2 is 2.04 bits per heavy atom. The third-order valence-corrected chi connectivity index (χ3v) is 4.01. The molecule has 4 heterocycles. The van der Waals surface area contributed by atoms with Gasteiger partial charge in [0.1, 0.15) is 11.6 Å². The summed E-state index contributed by atoms with van der Waals surface area (Å²) in [6.07, 6.45) is 4.37. The second-order valence-corrected chi connectivity index (χ2v) is 5.81. The highest BCUT2D eigenvalue weighted by atomic mass is 19.1. The molecule has 0 unspecified atom stereocenters. The van der Waals surface area contributed by atoms with Gasteiger partial charge in [-0.25, -0.2) is 13.9 Å². The highest BCUT2D eigenvalue weighted by molar-refractivity contribution is 5.62. The Bertz CT molecular complexity index is 1120. The fourth-order valence-corrected chi connectivity index (χ4v) is 2.70. The molecule has 1 atom stereocenters. The van der Waals surface area contributed by atoms with Crippen LogP contribution in [0.4, 0.5) is 10.2 Å². The summed E-state index contributed by atoms with van der Waals surface area (Å²) in [5, 5.41) is 7.75. The molecule has 0 saturated carbocycles. The minimum Gasteiger partial charge on any atom is -0.361 e. The molecule has 0 spiro atoms. The molecule has 2 N–H and O–H groups in total. The van der Waals surface area contributed by atoms with Gasteiger partial charge in [-0.2, -0.15) is 0 Å². The van der Waals surface area contributed by atoms with Crippen molar-refractivity contribution in [2.45, 2.75) is 13.0 Å². The standard InChI is InChI=1S/C18H15FN6O/c1-11(14-5-4-12(19)9-21-14)23-16-6-7-17-22-10-15(25(17)24-16)13-3-2-8-20-18(13)26/h2-11H,1H3,(H,20,26)(H,23,24)/t11-/m0/s1. The zero-order valence-corrected chi connectivity index (χ0v) is 13.8. The van der Waals surface area contributed by atoms with Gasteiger partial charge >= 0.3 is 0 Å². The molecule has 0 aliphatic heterocycles. The lowest BCUT2D eigenvalue weighted by Crippen LogP contribution is -2.12. The van der Waals surface area contributed by atoms with E-state index in [0.717, 1.165) is 0 Å². The molecule has 0 fully saturated rings. The number of hydrogen-bond donors (Lipinski definition) is 2. The summed E-state index contributed by atoms with van der Waals surface area (Å²) >= 11 is 0. The number of aromatic nitrogens is 5. The predicted molar refractivity (Wildman–Crippen MR) is 95.3 cm³/mol. The summed E-state index contributed by atoms with van der Waals surface area (Å²) in [7, 11) is 0. The largest absolute Gasteiger partial charge is 0.361 e. The van der Waals surface area contributed by atoms with Gasteiger partial charge in [0.25, 0.3) is 5.56 Å². The Morgan fingerprint density at radius 1 is 1.15 bits per heavy atom. The van der Waals surface area contributed by atoms with Gasteiger partial charge in [0.2, 0.25) is 0 Å². The molecule has 0 aromatic carbocycles. The van der Waals surface area contributed by atoms with Crippen molar-refractivity contribution in [1.82, 2.24) is 24.6 Å². The molecule has 8 heteroatoms. The molecule has 4 rings (SSSR count). The van der Waals surface area contributed by atoms with Crippen LogP contribution in [0.3, 0.4) is 0 Å². The van der Waals surface area contributed by atoms with Crippen molar-refractivity contribution in [3.8, 4) is 11.3 Å². The van der Waals surface area contributed by atoms with Crippen LogP contribution in [0.1, 0.15) is 18.7 Å². The molecule has 0 saturated heterocycles. The summed E-state index contributed by atoms with van der Waals surface area (Å²) in [5.74, 6) is 0.208. The van der Waals surface area contributed by atoms with Crippen molar-refractivity contribution >= 4 is 11.5 Å². The number of aromatic amines is 1. The number of fused-ring (bicyclic) bond motifs is 1. The van der Waals surface area contributed by atoms with E-state index in [1.807, 2.05) is 6.92 Å². The highest BCUT2D eigenvalue weighted by Gasteiger charge is 2.12. The third-order valence-electron chi connectivity index (χ3n) is 4.01. The Hall–Kier alpha value is -3.55. The van der Waals surface area contributed by atoms with E-state index >= 15 is 0 Å². The molecule has 0 radical (unpaired) electrons. The number of H-pyrrole nitrogens is 1. The van der Waals surface area contributed by atoms with E-state index in [1.165, 1.54) is 12.3 Å². The van der Waals surface area contributed by atoms with Crippen LogP contribution in [0.25, 0.3) is 16.9 Å². The van der Waals surface area contributed by atoms with Gasteiger partial charge in [0.15, 0.2) is 5.65 Å². The Kier molecular flexibility index (Phi) is 3.92. The Labute approximate surface area is 147 Å². The molecule has 0 aliphatic carbocycles. The van der Waals surface area contributed by atoms with E-state index in [0.29, 0.717) is 28.4 Å². The fraction of sp³-hybridized carbons (Fsp3) is 0.111. The number of pyridine rings is 2. The number of nitrogens with zero attached hydrogens (tertiary/aromatic N) is 4. The van der Waals surface area contributed by atoms with Crippen LogP contribution in [0.15, 0.2) is 59.8 Å². The molecular formula is C18H15FN6O. The average Bonchev–Trinajstić information content (AvgIpc) is 3.06. The normalized spacial score (nSPS) is 12.2. The maximum atomic E-state index is 13.0. The molecular weight excluding hydrogens is 335 g/mol. The number of halogens is 1. The highest BCUT2D eigenvalue weighted by Crippen LogP contribution is 2.20. The molecule has 0 aliphatic rings. The van der Waals surface area contributed by atoms with Crippen LogP contribution in [0.5, 0.6) is 0 Å². The predicted octanol–water partition coefficient (Wildman–Crippen LogP) is 2.79. The number of hydrogen-bond acceptors (Lipinski definition) is 5. The lowest BCUT2D eigenvalue weighted by molar-refractivity contribution is 0.617. The molecule has 26 heavy (non-hydrogen) atoms. The molecule has 0 bridgehead atoms. The minimum absolute atomic E-state index is 0.173. The quantitative estimate of drug-likeness (QED) is 0.591. The molecule has 4 aromatic heterocycles. The second kappa shape index (κ2) is 6.40. The van der Waals surface area contributed by atoms with Gasteiger partial charge in [-0.15, -0.1) is 5.10 Å². The molecule has 4 aromatic rings. The van der Waals surface area contributed by atoms with Crippen molar-refractivity contribution in [3.05, 3.63) is 76.9 Å². The topological polar surface area (TPSA) is 88.0 Å². The Morgan fingerprint density at radius 3 is 2.81 bits per heavy atom. The van der Waals surface area contributed by atoms with Crippen molar-refractivity contribution in [1.29, 1.82) is 0 Å². The van der Waals surface area contributed by atoms with Crippen LogP contribution >= 0.6 is 0 Å². The van der Waals surface area contributed by atoms with Crippen LogP contribution in [0.2, 0.25) is 0 Å². The molecule has 130 valence electrons. The summed E-state index contributed by atoms with van der Waals surface area (Å²) < 4.78 is 14.6. The maximum absolute atomic E-state index is 13.0. The minimum atomic E-state index is -0.378. The smallest absolute Gasteiger partial charge is 0.257 e. The Balaban J connectivity index is 1.69. The first-order valence-electron chi connectivity index (χ1n) is 8.02. The first-order chi connectivity index (χ1) is 12.6. The van der Waals surface area contributed by atoms with Gasteiger partial charge < -0.3 is 10.3 Å². The summed E-state index contributed by atoms with van der Waals surface area (Å²) in [5.41, 5.74) is 2.19. The van der Waals surface area contributed by atoms with E-state index in [2.05, 4.69) is 25.4 Å². The number of rotatable bonds is 4. The van der Waals surface area contributed by atoms with Crippen LogP contribution in [-0.4, -0.2) is 24.6 Å². The fourth-order valence-electron chi connectivity index (χ4n) is 2.70. The van der Waals surface area contributed by atoms with Gasteiger partial charge in [-0.3, -0.25) is 9.78 Å². The average molecular weight is 350 g/mol. The number of imidazole rings is 1. The SMILES string of the molecule is C[C@H](Nc1ccc2ncc(-c3ccc[nH]c3=O)n2n1)c1ccc(F)cn1. The van der Waals surface area contributed by atoms with Gasteiger partial charge in [-0.05, 0) is 43.3 Å². The summed E-state index contributed by atoms with van der Waals surface area (Å²) in [4.78, 5) is 23.1. The van der Waals surface area contributed by atoms with E-state index in [-0.39, 0.29) is 17.4 Å². The first-order valence-corrected chi connectivity index (χ1v) is 8.02. The van der Waals surface area contributed by atoms with Crippen LogP contribution < -0.4 is 10.9 Å². The van der Waals surface area contributed by atoms with Crippen LogP contribution in [0, 0.1) is 5.82 Å². The second-order valence-electron chi connectivity index (χ2n) is 5.81. The van der Waals surface area contributed by atoms with E-state index in [1.54, 1.807) is 47.2 Å². The number of anilines is 1. The number of nitrogens with one attached hydrogen (secondary N) is 2. The van der Waals surface area contributed by atoms with Crippen molar-refractivity contribution in [3.63, 3.8) is 0 Å². The van der Waals surface area contributed by atoms with E-state index in [4.69, 9.17) is 0 Å². The van der Waals surface area contributed by atoms with Gasteiger partial charge in [0, 0.05) is 6.20 Å². The van der Waals surface area contributed by atoms with Gasteiger partial charge in [-0.1, -0.05) is 0 Å². The summed E-state index contributed by atoms with van der Waals surface area (Å²) in [6.45, 7) is 1.91. The lowest BCUT2D eigenvalue weighted by Gasteiger charge is -2.14. The van der Waals surface area contributed by atoms with E-state index in [9.17, 15) is 9.18 Å². The monoisotopic (exact) mass is 350 g/mol. The van der Waals surface area contributed by atoms with Crippen molar-refractivity contribution in [2.75, 3.05) is 5.32 Å². The maximum Gasteiger partial charge on any atom is 0.257 e. The van der Waals surface area contributed by atoms with Crippen molar-refractivity contribution < 1.29 is 4.39 Å². The van der Waals surface area contributed by atoms with Gasteiger partial charge in [0.05, 0.1) is 35.4 Å².